The number of hydrogen-bond acceptors (Lipinski definition) is 42. The lowest BCUT2D eigenvalue weighted by Crippen LogP contribution is -2.42. The molecule has 10 heterocycles. The number of anilines is 4. The molecule has 784 valence electrons. The van der Waals surface area contributed by atoms with Crippen molar-refractivity contribution < 1.29 is 176 Å². The predicted octanol–water partition coefficient (Wildman–Crippen LogP) is 3.83. The molecule has 8 aromatic heterocycles. The number of fused-ring (bicyclic) bond motifs is 4. The second-order valence-corrected chi connectivity index (χ2v) is 45.7. The SMILES string of the molecule is CCN(CC)c1ccc2cc(/C=C/c3ccc(S(=O)(=O)[O-])c[n+]3CCCCCC(=O)NCCNC(=O)O[C@@H]3[C@H](O)[C@@H](COP(=O)(O)OP(=O)(O)OP(O)(O)=S)O[C@H]3n3cnc4c(N)ncnc43)c(=O)oc2c1.CCN(CC)c1ccc2cc(/C=C/c3ccc(S(=O)(=O)[O-])c[n+]3CCCCCC(=O)NCCNC(=O)O[C@H]3[C@@H](O)[C@H](n4cnc5c(N)ncnc54)O[C@@H]3COP(=O)(O)OP(=O)(O)OP(O)(O)=S)c(=O)oc2c1. The number of phosphoric acid groups is 4. The van der Waals surface area contributed by atoms with Crippen LogP contribution in [0, 0.1) is 0 Å². The monoisotopic (exact) mass is 2210 g/mol. The lowest BCUT2D eigenvalue weighted by molar-refractivity contribution is -0.701. The summed E-state index contributed by atoms with van der Waals surface area (Å²) in [6, 6.07) is 19.8. The van der Waals surface area contributed by atoms with Crippen LogP contribution in [0.4, 0.5) is 32.6 Å². The molecular weight excluding hydrogens is 2110 g/mol. The topological polar surface area (TPSA) is 808 Å². The first-order valence-corrected chi connectivity index (χ1v) is 57.3. The maximum Gasteiger partial charge on any atom is 0.488 e. The highest BCUT2D eigenvalue weighted by atomic mass is 32.5. The maximum atomic E-state index is 13.0. The Morgan fingerprint density at radius 3 is 1.31 bits per heavy atom. The summed E-state index contributed by atoms with van der Waals surface area (Å²) >= 11 is 8.14. The van der Waals surface area contributed by atoms with E-state index in [0.29, 0.717) is 71.9 Å². The Labute approximate surface area is 827 Å². The number of benzene rings is 2. The Morgan fingerprint density at radius 1 is 0.500 bits per heavy atom. The van der Waals surface area contributed by atoms with Crippen molar-refractivity contribution >= 4 is 204 Å². The number of hydrogen-bond donors (Lipinski definition) is 16. The van der Waals surface area contributed by atoms with Gasteiger partial charge in [-0.1, -0.05) is 0 Å². The highest BCUT2D eigenvalue weighted by molar-refractivity contribution is 8.08. The van der Waals surface area contributed by atoms with Crippen molar-refractivity contribution in [2.45, 2.75) is 151 Å². The van der Waals surface area contributed by atoms with Gasteiger partial charge >= 0.3 is 68.2 Å². The third kappa shape index (κ3) is 32.4. The molecule has 18 N–H and O–H groups in total. The molecule has 12 rings (SSSR count). The van der Waals surface area contributed by atoms with E-state index in [1.807, 2.05) is 52.0 Å². The zero-order chi connectivity index (χ0) is 105. The molecule has 0 radical (unpaired) electrons. The second kappa shape index (κ2) is 49.5. The summed E-state index contributed by atoms with van der Waals surface area (Å²) in [7, 11) is -32.1. The van der Waals surface area contributed by atoms with Crippen LogP contribution in [0.5, 0.6) is 0 Å². The Bertz CT molecular complexity index is 7100. The lowest BCUT2D eigenvalue weighted by atomic mass is 10.1. The van der Waals surface area contributed by atoms with Crippen LogP contribution >= 0.6 is 44.7 Å². The largest absolute Gasteiger partial charge is 0.744 e. The van der Waals surface area contributed by atoms with E-state index in [9.17, 15) is 103 Å². The Balaban J connectivity index is 0.000000274. The van der Waals surface area contributed by atoms with E-state index in [1.54, 1.807) is 45.6 Å². The van der Waals surface area contributed by atoms with Crippen LogP contribution < -0.4 is 62.9 Å². The van der Waals surface area contributed by atoms with Gasteiger partial charge in [0.1, 0.15) is 102 Å². The number of amides is 4. The van der Waals surface area contributed by atoms with Crippen molar-refractivity contribution in [1.29, 1.82) is 0 Å². The predicted molar refractivity (Wildman–Crippen MR) is 511 cm³/mol. The van der Waals surface area contributed by atoms with Crippen molar-refractivity contribution in [2.75, 3.05) is 86.8 Å². The number of ether oxygens (including phenoxy) is 4. The third-order valence-corrected chi connectivity index (χ3v) is 31.8. The molecule has 2 aromatic carbocycles. The van der Waals surface area contributed by atoms with Crippen LogP contribution in [0.25, 0.3) is 68.6 Å². The fourth-order valence-corrected chi connectivity index (χ4v) is 23.2. The van der Waals surface area contributed by atoms with Crippen LogP contribution in [0.3, 0.4) is 0 Å². The molecule has 2 saturated heterocycles. The normalized spacial score (nSPS) is 19.1. The third-order valence-electron chi connectivity index (χ3n) is 21.4. The quantitative estimate of drug-likeness (QED) is 0.00847. The molecule has 0 aliphatic carbocycles. The van der Waals surface area contributed by atoms with Gasteiger partial charge in [0, 0.05) is 137 Å². The summed E-state index contributed by atoms with van der Waals surface area (Å²) in [5, 5.41) is 33.9. The summed E-state index contributed by atoms with van der Waals surface area (Å²) in [4.78, 5) is 180. The number of carbonyl (C=O) groups is 4. The van der Waals surface area contributed by atoms with E-state index in [2.05, 4.69) is 106 Å². The van der Waals surface area contributed by atoms with Crippen LogP contribution in [0.2, 0.25) is 0 Å². The second-order valence-electron chi connectivity index (χ2n) is 31.3. The number of nitrogens with zero attached hydrogens (tertiary/aromatic N) is 12. The molecule has 0 spiro atoms. The summed E-state index contributed by atoms with van der Waals surface area (Å²) in [5.74, 6) is -0.833. The number of aliphatic hydroxyl groups is 2. The smallest absolute Gasteiger partial charge is 0.488 e. The first kappa shape index (κ1) is 114. The number of aliphatic hydroxyl groups excluding tert-OH is 2. The van der Waals surface area contributed by atoms with E-state index >= 15 is 0 Å². The fourth-order valence-electron chi connectivity index (χ4n) is 14.7. The number of aromatic nitrogens is 10. The number of imidazole rings is 2. The van der Waals surface area contributed by atoms with Crippen molar-refractivity contribution in [3.8, 4) is 0 Å². The molecule has 66 heteroatoms. The molecule has 56 nitrogen and oxygen atoms in total. The van der Waals surface area contributed by atoms with E-state index in [-0.39, 0.29) is 109 Å². The lowest BCUT2D eigenvalue weighted by Gasteiger charge is -2.22. The molecule has 0 saturated carbocycles. The Hall–Kier alpha value is -10.3. The van der Waals surface area contributed by atoms with Gasteiger partial charge in [0.15, 0.2) is 60.0 Å². The van der Waals surface area contributed by atoms with Crippen LogP contribution in [0.15, 0.2) is 139 Å². The highest BCUT2D eigenvalue weighted by Crippen LogP contribution is 2.68. The van der Waals surface area contributed by atoms with E-state index in [1.165, 1.54) is 64.3 Å². The van der Waals surface area contributed by atoms with Gasteiger partial charge in [0.05, 0.1) is 37.0 Å². The van der Waals surface area contributed by atoms with Gasteiger partial charge in [-0.05, 0) is 138 Å². The highest BCUT2D eigenvalue weighted by Gasteiger charge is 2.52. The standard InChI is InChI=1S/2C39H50N9O19P3S2/c1-3-46(4-2)27-12-9-24-18-25(38(51)64-29(24)19-27)10-11-26-13-14-28(72(59,60)61)20-47(26)17-7-5-6-8-31(49)41-15-16-42-39(52)65-34-30(21-62-68(53,54)66-69(55,56)67-70(57,58)71)63-37(33(34)50)48-23-45-32-35(40)43-22-44-36(32)48;1-3-46(4-2)27-12-9-24-18-25(38(51)64-29(24)19-27)10-11-26-13-14-28(72(59,60)61)20-47(26)17-7-5-6-8-31(49)41-15-16-42-39(52)65-34-33(50)30(21-62-68(53,54)66-69(55,56)67-70(57,58)71)63-37(34)48-23-45-32-35(40)43-22-44-36(32)48/h2*9-14,18-20,22-23,30,33-34,37,50H,3-8,15-17,21H2,1-2H3,(H8-,40,41,42,43,44,49,52,53,54,55,56,57,58,59,60,61,71)/t2*30-,33-,34-,37-/m11/s1. The molecule has 4 amide bonds. The van der Waals surface area contributed by atoms with Crippen LogP contribution in [0.1, 0.15) is 114 Å². The van der Waals surface area contributed by atoms with Gasteiger partial charge in [-0.15, -0.1) is 0 Å². The van der Waals surface area contributed by atoms with Crippen molar-refractivity contribution in [2.24, 2.45) is 0 Å². The molecule has 144 heavy (non-hydrogen) atoms. The first-order chi connectivity index (χ1) is 67.7. The molecule has 4 unspecified atom stereocenters. The summed E-state index contributed by atoms with van der Waals surface area (Å²) in [5.41, 5.74) is 15.0. The average Bonchev–Trinajstić information content (AvgIpc) is 1.62. The number of carbonyl (C=O) groups excluding carboxylic acids is 4. The fraction of sp³-hybridized carbons (Fsp3) is 0.410. The van der Waals surface area contributed by atoms with E-state index in [0.717, 1.165) is 56.5 Å². The van der Waals surface area contributed by atoms with Crippen molar-refractivity contribution in [1.82, 2.24) is 60.3 Å². The van der Waals surface area contributed by atoms with Crippen molar-refractivity contribution in [3.63, 3.8) is 0 Å². The molecule has 10 aromatic rings. The number of phosphoric ester groups is 2. The number of aryl methyl sites for hydroxylation is 2. The van der Waals surface area contributed by atoms with Gasteiger partial charge in [0.2, 0.25) is 23.2 Å². The van der Waals surface area contributed by atoms with Gasteiger partial charge in [-0.2, -0.15) is 17.8 Å². The number of unbranched alkanes of at least 4 members (excludes halogenated alkanes) is 4. The van der Waals surface area contributed by atoms with Gasteiger partial charge in [-0.25, -0.2) is 92.8 Å². The van der Waals surface area contributed by atoms with Gasteiger partial charge in [-0.3, -0.25) is 27.8 Å². The zero-order valence-electron chi connectivity index (χ0n) is 76.2. The molecule has 12 atom stereocenters. The van der Waals surface area contributed by atoms with E-state index < -0.39 is 160 Å². The molecule has 0 bridgehead atoms. The average molecular weight is 2210 g/mol. The molecular formula is C78H100N18O38P6S4. The first-order valence-electron chi connectivity index (χ1n) is 43.3. The minimum absolute atomic E-state index is 0.0321. The van der Waals surface area contributed by atoms with Gasteiger partial charge < -0.3 is 129 Å². The van der Waals surface area contributed by atoms with E-state index in [4.69, 9.17) is 63.3 Å². The van der Waals surface area contributed by atoms with Gasteiger partial charge in [0.25, 0.3) is 0 Å². The van der Waals surface area contributed by atoms with Crippen LogP contribution in [-0.4, -0.2) is 241 Å². The molecule has 2 aliphatic rings. The molecule has 2 fully saturated rings. The maximum absolute atomic E-state index is 13.0. The summed E-state index contributed by atoms with van der Waals surface area (Å²) < 4.78 is 184. The Kier molecular flexibility index (Phi) is 39.2. The number of rotatable bonds is 48. The summed E-state index contributed by atoms with van der Waals surface area (Å²) in [6.07, 6.45) is 0.623. The molecule has 2 aliphatic heterocycles. The number of nitrogens with one attached hydrogen (secondary N) is 4. The Morgan fingerprint density at radius 2 is 0.896 bits per heavy atom. The zero-order valence-corrected chi connectivity index (χ0v) is 84.8. The minimum Gasteiger partial charge on any atom is -0.744 e. The number of nitrogens with two attached hydrogens (primary N) is 2. The van der Waals surface area contributed by atoms with Crippen molar-refractivity contribution in [3.05, 3.63) is 154 Å². The number of pyridine rings is 2. The minimum atomic E-state index is -5.69. The number of alkyl carbamates (subject to hydrolysis) is 2. The van der Waals surface area contributed by atoms with Crippen LogP contribution in [-0.2, 0) is 130 Å². The summed E-state index contributed by atoms with van der Waals surface area (Å²) in [6.45, 7) is -0.685. The number of nitrogen functional groups attached to an aromatic ring is 2.